The Balaban J connectivity index is 1.98. The minimum atomic E-state index is -0.260. The fourth-order valence-electron chi connectivity index (χ4n) is 2.27. The molecule has 1 N–H and O–H groups in total. The van der Waals surface area contributed by atoms with Gasteiger partial charge in [-0.3, -0.25) is 4.79 Å². The molecule has 0 heterocycles. The molecule has 5 nitrogen and oxygen atoms in total. The van der Waals surface area contributed by atoms with E-state index in [1.54, 1.807) is 30.3 Å². The van der Waals surface area contributed by atoms with Crippen LogP contribution in [0.2, 0.25) is 5.02 Å². The lowest BCUT2D eigenvalue weighted by Crippen LogP contribution is -2.20. The Kier molecular flexibility index (Phi) is 7.60. The van der Waals surface area contributed by atoms with Crippen molar-refractivity contribution in [1.29, 1.82) is 0 Å². The average molecular weight is 386 g/mol. The molecule has 0 saturated heterocycles. The second kappa shape index (κ2) is 10.1. The Hall–Kier alpha value is -3.10. The summed E-state index contributed by atoms with van der Waals surface area (Å²) in [7, 11) is 4.61. The van der Waals surface area contributed by atoms with E-state index in [4.69, 9.17) is 25.8 Å². The van der Waals surface area contributed by atoms with Crippen molar-refractivity contribution in [2.24, 2.45) is 0 Å². The van der Waals surface area contributed by atoms with E-state index in [-0.39, 0.29) is 12.5 Å². The molecule has 0 bridgehead atoms. The monoisotopic (exact) mass is 385 g/mol. The quantitative estimate of drug-likeness (QED) is 0.610. The molecular weight excluding hydrogens is 366 g/mol. The van der Waals surface area contributed by atoms with Gasteiger partial charge in [0, 0.05) is 16.7 Å². The highest BCUT2D eigenvalue weighted by atomic mass is 35.5. The number of hydrogen-bond donors (Lipinski definition) is 1. The maximum atomic E-state index is 11.9. The summed E-state index contributed by atoms with van der Waals surface area (Å²) < 4.78 is 15.8. The third kappa shape index (κ3) is 5.98. The molecule has 2 aromatic rings. The van der Waals surface area contributed by atoms with Gasteiger partial charge in [-0.25, -0.2) is 0 Å². The molecule has 0 saturated carbocycles. The predicted octanol–water partition coefficient (Wildman–Crippen LogP) is 3.55. The zero-order valence-electron chi connectivity index (χ0n) is 15.3. The van der Waals surface area contributed by atoms with Crippen molar-refractivity contribution in [1.82, 2.24) is 5.32 Å². The van der Waals surface area contributed by atoms with Crippen LogP contribution in [0.4, 0.5) is 0 Å². The molecule has 0 aliphatic rings. The van der Waals surface area contributed by atoms with Gasteiger partial charge < -0.3 is 19.5 Å². The minimum absolute atomic E-state index is 0.227. The Bertz CT molecular complexity index is 872. The van der Waals surface area contributed by atoms with Gasteiger partial charge in [0.2, 0.25) is 11.7 Å². The molecule has 2 rings (SSSR count). The highest BCUT2D eigenvalue weighted by Crippen LogP contribution is 2.38. The van der Waals surface area contributed by atoms with E-state index in [0.717, 1.165) is 11.1 Å². The third-order valence-electron chi connectivity index (χ3n) is 3.52. The number of carbonyl (C=O) groups excluding carboxylic acids is 1. The number of benzene rings is 2. The molecule has 1 amide bonds. The molecule has 0 radical (unpaired) electrons. The van der Waals surface area contributed by atoms with Crippen LogP contribution in [0.15, 0.2) is 42.5 Å². The Morgan fingerprint density at radius 2 is 1.81 bits per heavy atom. The van der Waals surface area contributed by atoms with Crippen LogP contribution in [0, 0.1) is 11.8 Å². The van der Waals surface area contributed by atoms with Crippen LogP contribution in [-0.4, -0.2) is 33.8 Å². The largest absolute Gasteiger partial charge is 0.493 e. The van der Waals surface area contributed by atoms with Crippen molar-refractivity contribution >= 4 is 23.6 Å². The number of ether oxygens (including phenoxy) is 3. The van der Waals surface area contributed by atoms with Gasteiger partial charge in [0.15, 0.2) is 11.5 Å². The Morgan fingerprint density at radius 1 is 1.11 bits per heavy atom. The third-order valence-corrected chi connectivity index (χ3v) is 3.76. The molecule has 0 fully saturated rings. The fourth-order valence-corrected chi connectivity index (χ4v) is 2.46. The first-order chi connectivity index (χ1) is 13.1. The first kappa shape index (κ1) is 20.2. The SMILES string of the molecule is COc1cc(/C=C/C(=O)NCC#Cc2cccc(Cl)c2)cc(OC)c1OC. The molecule has 0 atom stereocenters. The van der Waals surface area contributed by atoms with E-state index in [1.807, 2.05) is 12.1 Å². The van der Waals surface area contributed by atoms with Crippen molar-refractivity contribution in [2.75, 3.05) is 27.9 Å². The number of hydrogen-bond acceptors (Lipinski definition) is 4. The van der Waals surface area contributed by atoms with Gasteiger partial charge in [-0.05, 0) is 42.0 Å². The molecule has 0 aliphatic carbocycles. The van der Waals surface area contributed by atoms with Gasteiger partial charge in [-0.15, -0.1) is 0 Å². The van der Waals surface area contributed by atoms with E-state index >= 15 is 0 Å². The van der Waals surface area contributed by atoms with Crippen molar-refractivity contribution in [3.63, 3.8) is 0 Å². The van der Waals surface area contributed by atoms with Crippen LogP contribution in [0.5, 0.6) is 17.2 Å². The van der Waals surface area contributed by atoms with Crippen molar-refractivity contribution in [3.8, 4) is 29.1 Å². The van der Waals surface area contributed by atoms with Gasteiger partial charge in [-0.2, -0.15) is 0 Å². The van der Waals surface area contributed by atoms with Crippen LogP contribution in [0.25, 0.3) is 6.08 Å². The highest BCUT2D eigenvalue weighted by molar-refractivity contribution is 6.30. The molecule has 6 heteroatoms. The number of methoxy groups -OCH3 is 3. The van der Waals surface area contributed by atoms with Crippen molar-refractivity contribution in [2.45, 2.75) is 0 Å². The first-order valence-corrected chi connectivity index (χ1v) is 8.45. The summed E-state index contributed by atoms with van der Waals surface area (Å²) >= 11 is 5.90. The van der Waals surface area contributed by atoms with Crippen LogP contribution in [0.1, 0.15) is 11.1 Å². The maximum absolute atomic E-state index is 11.9. The Labute approximate surface area is 163 Å². The fraction of sp³-hybridized carbons (Fsp3) is 0.190. The normalized spacial score (nSPS) is 10.1. The summed E-state index contributed by atoms with van der Waals surface area (Å²) in [5.74, 6) is 7.09. The van der Waals surface area contributed by atoms with Gasteiger partial charge in [0.1, 0.15) is 0 Å². The summed E-state index contributed by atoms with van der Waals surface area (Å²) in [5, 5.41) is 3.32. The minimum Gasteiger partial charge on any atom is -0.493 e. The molecule has 0 aliphatic heterocycles. The molecule has 2 aromatic carbocycles. The summed E-state index contributed by atoms with van der Waals surface area (Å²) in [6.45, 7) is 0.227. The summed E-state index contributed by atoms with van der Waals surface area (Å²) in [5.41, 5.74) is 1.54. The molecule has 0 aromatic heterocycles. The number of rotatable bonds is 6. The zero-order valence-corrected chi connectivity index (χ0v) is 16.1. The van der Waals surface area contributed by atoms with Crippen LogP contribution in [-0.2, 0) is 4.79 Å². The van der Waals surface area contributed by atoms with E-state index in [2.05, 4.69) is 17.2 Å². The number of amides is 1. The standard InChI is InChI=1S/C21H20ClNO4/c1-25-18-13-16(14-19(26-2)21(18)27-3)9-10-20(24)23-11-5-7-15-6-4-8-17(22)12-15/h4,6,8-10,12-14H,11H2,1-3H3,(H,23,24)/b10-9+. The molecule has 140 valence electrons. The maximum Gasteiger partial charge on any atom is 0.244 e. The predicted molar refractivity (Wildman–Crippen MR) is 106 cm³/mol. The number of carbonyl (C=O) groups is 1. The van der Waals surface area contributed by atoms with Gasteiger partial charge >= 0.3 is 0 Å². The lowest BCUT2D eigenvalue weighted by molar-refractivity contribution is -0.116. The van der Waals surface area contributed by atoms with E-state index in [9.17, 15) is 4.79 Å². The zero-order chi connectivity index (χ0) is 19.6. The highest BCUT2D eigenvalue weighted by Gasteiger charge is 2.12. The summed E-state index contributed by atoms with van der Waals surface area (Å²) in [4.78, 5) is 11.9. The second-order valence-electron chi connectivity index (χ2n) is 5.32. The van der Waals surface area contributed by atoms with E-state index in [1.165, 1.54) is 27.4 Å². The van der Waals surface area contributed by atoms with Gasteiger partial charge in [-0.1, -0.05) is 29.5 Å². The molecular formula is C21H20ClNO4. The second-order valence-corrected chi connectivity index (χ2v) is 5.76. The molecule has 0 spiro atoms. The van der Waals surface area contributed by atoms with E-state index < -0.39 is 0 Å². The topological polar surface area (TPSA) is 56.8 Å². The van der Waals surface area contributed by atoms with Crippen LogP contribution < -0.4 is 19.5 Å². The molecule has 27 heavy (non-hydrogen) atoms. The first-order valence-electron chi connectivity index (χ1n) is 8.07. The van der Waals surface area contributed by atoms with E-state index in [0.29, 0.717) is 22.3 Å². The average Bonchev–Trinajstić information content (AvgIpc) is 2.68. The molecule has 0 unspecified atom stereocenters. The van der Waals surface area contributed by atoms with Crippen molar-refractivity contribution < 1.29 is 19.0 Å². The van der Waals surface area contributed by atoms with Gasteiger partial charge in [0.25, 0.3) is 0 Å². The van der Waals surface area contributed by atoms with Crippen LogP contribution >= 0.6 is 11.6 Å². The number of halogens is 1. The lowest BCUT2D eigenvalue weighted by atomic mass is 10.1. The summed E-state index contributed by atoms with van der Waals surface area (Å²) in [6.07, 6.45) is 3.08. The number of nitrogens with one attached hydrogen (secondary N) is 1. The van der Waals surface area contributed by atoms with Crippen LogP contribution in [0.3, 0.4) is 0 Å². The smallest absolute Gasteiger partial charge is 0.244 e. The van der Waals surface area contributed by atoms with Gasteiger partial charge in [0.05, 0.1) is 27.9 Å². The summed E-state index contributed by atoms with van der Waals surface area (Å²) in [6, 6.07) is 10.7. The lowest BCUT2D eigenvalue weighted by Gasteiger charge is -2.12. The Morgan fingerprint density at radius 3 is 2.41 bits per heavy atom. The van der Waals surface area contributed by atoms with Crippen molar-refractivity contribution in [3.05, 3.63) is 58.6 Å².